The summed E-state index contributed by atoms with van der Waals surface area (Å²) in [6.07, 6.45) is 1.14. The molecule has 0 unspecified atom stereocenters. The normalized spacial score (nSPS) is 8.50. The van der Waals surface area contributed by atoms with Gasteiger partial charge >= 0.3 is 0 Å². The van der Waals surface area contributed by atoms with E-state index in [-0.39, 0.29) is 7.43 Å². The first-order chi connectivity index (χ1) is 5.31. The Labute approximate surface area is 78.9 Å². The maximum absolute atomic E-state index is 4.91. The summed E-state index contributed by atoms with van der Waals surface area (Å²) in [5.41, 5.74) is 0. The highest BCUT2D eigenvalue weighted by Crippen LogP contribution is 1.85. The SMILES string of the molecule is C.CC.CCN(C)CCCOC. The molecular weight excluding hydrogens is 150 g/mol. The van der Waals surface area contributed by atoms with Crippen LogP contribution in [0.2, 0.25) is 0 Å². The summed E-state index contributed by atoms with van der Waals surface area (Å²) in [5.74, 6) is 0. The number of hydrogen-bond donors (Lipinski definition) is 0. The van der Waals surface area contributed by atoms with Crippen molar-refractivity contribution in [1.82, 2.24) is 4.90 Å². The molecule has 0 aliphatic carbocycles. The van der Waals surface area contributed by atoms with E-state index in [0.29, 0.717) is 0 Å². The minimum absolute atomic E-state index is 0. The van der Waals surface area contributed by atoms with Crippen LogP contribution in [-0.4, -0.2) is 38.8 Å². The first-order valence-corrected chi connectivity index (χ1v) is 4.48. The van der Waals surface area contributed by atoms with Gasteiger partial charge < -0.3 is 9.64 Å². The lowest BCUT2D eigenvalue weighted by Crippen LogP contribution is -2.19. The van der Waals surface area contributed by atoms with Gasteiger partial charge in [0.05, 0.1) is 0 Å². The van der Waals surface area contributed by atoms with Gasteiger partial charge in [-0.15, -0.1) is 0 Å². The van der Waals surface area contributed by atoms with Gasteiger partial charge in [-0.2, -0.15) is 0 Å². The topological polar surface area (TPSA) is 12.5 Å². The van der Waals surface area contributed by atoms with Crippen LogP contribution in [0.25, 0.3) is 0 Å². The summed E-state index contributed by atoms with van der Waals surface area (Å²) in [6, 6.07) is 0. The Morgan fingerprint density at radius 3 is 2.08 bits per heavy atom. The smallest absolute Gasteiger partial charge is 0.0474 e. The molecule has 2 nitrogen and oxygen atoms in total. The Balaban J connectivity index is -0.000000249. The van der Waals surface area contributed by atoms with E-state index in [1.165, 1.54) is 0 Å². The third-order valence-corrected chi connectivity index (χ3v) is 1.43. The molecule has 0 radical (unpaired) electrons. The summed E-state index contributed by atoms with van der Waals surface area (Å²) in [4.78, 5) is 2.28. The average molecular weight is 177 g/mol. The number of rotatable bonds is 5. The Morgan fingerprint density at radius 2 is 1.75 bits per heavy atom. The van der Waals surface area contributed by atoms with E-state index in [9.17, 15) is 0 Å². The number of hydrogen-bond acceptors (Lipinski definition) is 2. The first-order valence-electron chi connectivity index (χ1n) is 4.48. The molecule has 0 atom stereocenters. The van der Waals surface area contributed by atoms with Crippen LogP contribution in [-0.2, 0) is 4.74 Å². The Hall–Kier alpha value is -0.0800. The van der Waals surface area contributed by atoms with Crippen LogP contribution < -0.4 is 0 Å². The van der Waals surface area contributed by atoms with E-state index in [4.69, 9.17) is 4.74 Å². The van der Waals surface area contributed by atoms with Crippen LogP contribution in [0.5, 0.6) is 0 Å². The van der Waals surface area contributed by atoms with Crippen LogP contribution in [0.4, 0.5) is 0 Å². The fourth-order valence-corrected chi connectivity index (χ4v) is 0.637. The zero-order chi connectivity index (χ0) is 9.11. The molecule has 0 amide bonds. The third kappa shape index (κ3) is 16.5. The van der Waals surface area contributed by atoms with Crippen molar-refractivity contribution in [2.75, 3.05) is 33.9 Å². The maximum Gasteiger partial charge on any atom is 0.0474 e. The average Bonchev–Trinajstić information content (AvgIpc) is 2.08. The van der Waals surface area contributed by atoms with Gasteiger partial charge in [0.25, 0.3) is 0 Å². The molecular formula is C10H27NO. The molecule has 0 aliphatic rings. The molecule has 0 saturated carbocycles. The van der Waals surface area contributed by atoms with Crippen molar-refractivity contribution in [1.29, 1.82) is 0 Å². The highest BCUT2D eigenvalue weighted by atomic mass is 16.5. The van der Waals surface area contributed by atoms with E-state index in [1.54, 1.807) is 7.11 Å². The minimum atomic E-state index is 0. The lowest BCUT2D eigenvalue weighted by atomic mass is 10.4. The molecule has 0 heterocycles. The molecule has 0 spiro atoms. The Bertz CT molecular complexity index is 57.8. The zero-order valence-electron chi connectivity index (χ0n) is 8.68. The van der Waals surface area contributed by atoms with Crippen molar-refractivity contribution in [3.05, 3.63) is 0 Å². The number of methoxy groups -OCH3 is 1. The van der Waals surface area contributed by atoms with Crippen LogP contribution in [0.3, 0.4) is 0 Å². The lowest BCUT2D eigenvalue weighted by Gasteiger charge is -2.12. The molecule has 0 aromatic carbocycles. The predicted octanol–water partition coefficient (Wildman–Crippen LogP) is 2.64. The standard InChI is InChI=1S/C7H17NO.C2H6.CH4/c1-4-8(2)6-5-7-9-3;1-2;/h4-7H2,1-3H3;1-2H3;1H4. The summed E-state index contributed by atoms with van der Waals surface area (Å²) in [7, 11) is 3.86. The lowest BCUT2D eigenvalue weighted by molar-refractivity contribution is 0.181. The molecule has 12 heavy (non-hydrogen) atoms. The fourth-order valence-electron chi connectivity index (χ4n) is 0.637. The minimum Gasteiger partial charge on any atom is -0.385 e. The predicted molar refractivity (Wildman–Crippen MR) is 57.7 cm³/mol. The second kappa shape index (κ2) is 17.1. The number of ether oxygens (including phenoxy) is 1. The van der Waals surface area contributed by atoms with Gasteiger partial charge in [-0.1, -0.05) is 28.2 Å². The monoisotopic (exact) mass is 177 g/mol. The molecule has 0 aromatic heterocycles. The van der Waals surface area contributed by atoms with E-state index in [0.717, 1.165) is 26.1 Å². The van der Waals surface area contributed by atoms with Gasteiger partial charge in [0, 0.05) is 20.3 Å². The highest BCUT2D eigenvalue weighted by molar-refractivity contribution is 4.45. The maximum atomic E-state index is 4.91. The molecule has 0 N–H and O–H groups in total. The van der Waals surface area contributed by atoms with Gasteiger partial charge in [0.1, 0.15) is 0 Å². The highest BCUT2D eigenvalue weighted by Gasteiger charge is 1.91. The zero-order valence-corrected chi connectivity index (χ0v) is 8.68. The quantitative estimate of drug-likeness (QED) is 0.599. The second-order valence-electron chi connectivity index (χ2n) is 2.24. The van der Waals surface area contributed by atoms with Gasteiger partial charge in [-0.25, -0.2) is 0 Å². The molecule has 0 aliphatic heterocycles. The Morgan fingerprint density at radius 1 is 1.25 bits per heavy atom. The first kappa shape index (κ1) is 17.9. The fraction of sp³-hybridized carbons (Fsp3) is 1.00. The van der Waals surface area contributed by atoms with E-state index >= 15 is 0 Å². The Kier molecular flexibility index (Phi) is 25.5. The second-order valence-corrected chi connectivity index (χ2v) is 2.24. The molecule has 0 aromatic rings. The van der Waals surface area contributed by atoms with Crippen molar-refractivity contribution in [2.24, 2.45) is 0 Å². The van der Waals surface area contributed by atoms with E-state index < -0.39 is 0 Å². The summed E-state index contributed by atoms with van der Waals surface area (Å²) in [5, 5.41) is 0. The van der Waals surface area contributed by atoms with Crippen LogP contribution in [0.15, 0.2) is 0 Å². The van der Waals surface area contributed by atoms with Gasteiger partial charge in [0.2, 0.25) is 0 Å². The molecule has 0 rings (SSSR count). The molecule has 2 heteroatoms. The molecule has 0 saturated heterocycles. The molecule has 78 valence electrons. The van der Waals surface area contributed by atoms with Gasteiger partial charge in [0.15, 0.2) is 0 Å². The van der Waals surface area contributed by atoms with Crippen molar-refractivity contribution >= 4 is 0 Å². The van der Waals surface area contributed by atoms with Crippen LogP contribution >= 0.6 is 0 Å². The molecule has 0 bridgehead atoms. The summed E-state index contributed by atoms with van der Waals surface area (Å²) < 4.78 is 4.91. The van der Waals surface area contributed by atoms with Crippen molar-refractivity contribution in [2.45, 2.75) is 34.6 Å². The van der Waals surface area contributed by atoms with Crippen molar-refractivity contribution in [3.8, 4) is 0 Å². The van der Waals surface area contributed by atoms with E-state index in [1.807, 2.05) is 13.8 Å². The third-order valence-electron chi connectivity index (χ3n) is 1.43. The summed E-state index contributed by atoms with van der Waals surface area (Å²) >= 11 is 0. The number of nitrogens with zero attached hydrogens (tertiary/aromatic N) is 1. The summed E-state index contributed by atoms with van der Waals surface area (Å²) in [6.45, 7) is 9.31. The van der Waals surface area contributed by atoms with Gasteiger partial charge in [-0.3, -0.25) is 0 Å². The van der Waals surface area contributed by atoms with Crippen molar-refractivity contribution < 1.29 is 4.74 Å². The largest absolute Gasteiger partial charge is 0.385 e. The van der Waals surface area contributed by atoms with Gasteiger partial charge in [-0.05, 0) is 20.0 Å². The van der Waals surface area contributed by atoms with Crippen LogP contribution in [0, 0.1) is 0 Å². The van der Waals surface area contributed by atoms with Crippen molar-refractivity contribution in [3.63, 3.8) is 0 Å². The molecule has 0 fully saturated rings. The van der Waals surface area contributed by atoms with Crippen LogP contribution in [0.1, 0.15) is 34.6 Å². The van der Waals surface area contributed by atoms with E-state index in [2.05, 4.69) is 18.9 Å².